The molecule has 146 valence electrons. The highest BCUT2D eigenvalue weighted by Gasteiger charge is 2.23. The van der Waals surface area contributed by atoms with Crippen molar-refractivity contribution in [2.75, 3.05) is 24.7 Å². The molecule has 1 saturated heterocycles. The van der Waals surface area contributed by atoms with Crippen LogP contribution in [0.2, 0.25) is 5.28 Å². The van der Waals surface area contributed by atoms with Crippen LogP contribution in [0.3, 0.4) is 0 Å². The summed E-state index contributed by atoms with van der Waals surface area (Å²) in [7, 11) is 0. The first-order valence-corrected chi connectivity index (χ1v) is 9.86. The van der Waals surface area contributed by atoms with E-state index in [-0.39, 0.29) is 11.3 Å². The molecule has 5 rings (SSSR count). The average Bonchev–Trinajstić information content (AvgIpc) is 3.28. The zero-order chi connectivity index (χ0) is 19.8. The maximum Gasteiger partial charge on any atom is 0.226 e. The van der Waals surface area contributed by atoms with Gasteiger partial charge in [0.25, 0.3) is 0 Å². The lowest BCUT2D eigenvalue weighted by molar-refractivity contribution is 0.0987. The van der Waals surface area contributed by atoms with Gasteiger partial charge in [0.2, 0.25) is 5.28 Å². The number of nitrogens with zero attached hydrogens (tertiary/aromatic N) is 5. The second kappa shape index (κ2) is 7.42. The van der Waals surface area contributed by atoms with E-state index in [2.05, 4.69) is 38.1 Å². The Hall–Kier alpha value is -3.03. The Morgan fingerprint density at radius 1 is 1.10 bits per heavy atom. The van der Waals surface area contributed by atoms with Gasteiger partial charge in [-0.25, -0.2) is 4.98 Å². The summed E-state index contributed by atoms with van der Waals surface area (Å²) in [4.78, 5) is 15.9. The lowest BCUT2D eigenvalue weighted by atomic mass is 10.1. The van der Waals surface area contributed by atoms with E-state index in [1.165, 1.54) is 0 Å². The zero-order valence-electron chi connectivity index (χ0n) is 15.8. The zero-order valence-corrected chi connectivity index (χ0v) is 16.6. The van der Waals surface area contributed by atoms with Crippen LogP contribution in [0.25, 0.3) is 33.5 Å². The maximum atomic E-state index is 6.25. The third-order valence-electron chi connectivity index (χ3n) is 5.12. The lowest BCUT2D eigenvalue weighted by Gasteiger charge is -2.34. The highest BCUT2D eigenvalue weighted by Crippen LogP contribution is 2.30. The van der Waals surface area contributed by atoms with Gasteiger partial charge in [-0.2, -0.15) is 15.1 Å². The van der Waals surface area contributed by atoms with E-state index < -0.39 is 0 Å². The smallest absolute Gasteiger partial charge is 0.226 e. The van der Waals surface area contributed by atoms with Crippen molar-refractivity contribution < 1.29 is 4.74 Å². The number of morpholine rings is 1. The van der Waals surface area contributed by atoms with Crippen LogP contribution in [0, 0.1) is 0 Å². The fourth-order valence-corrected chi connectivity index (χ4v) is 3.81. The number of halogens is 1. The van der Waals surface area contributed by atoms with E-state index in [0.29, 0.717) is 18.9 Å². The monoisotopic (exact) mass is 406 g/mol. The van der Waals surface area contributed by atoms with E-state index in [0.717, 1.165) is 40.3 Å². The predicted molar refractivity (Wildman–Crippen MR) is 113 cm³/mol. The fourth-order valence-electron chi connectivity index (χ4n) is 3.65. The molecule has 1 aliphatic heterocycles. The molecule has 0 saturated carbocycles. The molecule has 4 aromatic rings. The van der Waals surface area contributed by atoms with Crippen molar-refractivity contribution in [3.63, 3.8) is 0 Å². The van der Waals surface area contributed by atoms with Crippen molar-refractivity contribution in [3.05, 3.63) is 53.9 Å². The van der Waals surface area contributed by atoms with Crippen molar-refractivity contribution in [2.45, 2.75) is 13.0 Å². The number of hydrogen-bond donors (Lipinski definition) is 1. The van der Waals surface area contributed by atoms with Crippen molar-refractivity contribution in [1.82, 2.24) is 25.1 Å². The Morgan fingerprint density at radius 3 is 2.83 bits per heavy atom. The molecule has 1 aromatic carbocycles. The summed E-state index contributed by atoms with van der Waals surface area (Å²) in [5.41, 5.74) is 4.42. The van der Waals surface area contributed by atoms with Crippen LogP contribution >= 0.6 is 11.6 Å². The van der Waals surface area contributed by atoms with Crippen LogP contribution in [0.5, 0.6) is 0 Å². The Balaban J connectivity index is 1.59. The van der Waals surface area contributed by atoms with Crippen LogP contribution in [0.1, 0.15) is 6.92 Å². The molecule has 0 spiro atoms. The lowest BCUT2D eigenvalue weighted by Crippen LogP contribution is -2.44. The molecule has 0 aliphatic carbocycles. The van der Waals surface area contributed by atoms with Crippen LogP contribution in [0.4, 0.5) is 5.82 Å². The number of fused-ring (bicyclic) bond motifs is 1. The minimum absolute atomic E-state index is 0.196. The number of benzene rings is 1. The minimum Gasteiger partial charge on any atom is -0.377 e. The van der Waals surface area contributed by atoms with Gasteiger partial charge in [-0.3, -0.25) is 5.10 Å². The van der Waals surface area contributed by atoms with Crippen molar-refractivity contribution >= 4 is 28.5 Å². The van der Waals surface area contributed by atoms with Gasteiger partial charge in [-0.15, -0.1) is 0 Å². The molecule has 1 N–H and O–H groups in total. The first kappa shape index (κ1) is 18.0. The summed E-state index contributed by atoms with van der Waals surface area (Å²) < 4.78 is 5.55. The molecule has 7 nitrogen and oxygen atoms in total. The molecular weight excluding hydrogens is 388 g/mol. The molecular formula is C21H19ClN6O. The Bertz CT molecular complexity index is 1160. The molecule has 29 heavy (non-hydrogen) atoms. The molecule has 1 atom stereocenters. The van der Waals surface area contributed by atoms with Crippen LogP contribution in [-0.2, 0) is 4.74 Å². The summed E-state index contributed by atoms with van der Waals surface area (Å²) >= 11 is 6.25. The topological polar surface area (TPSA) is 79.8 Å². The van der Waals surface area contributed by atoms with Gasteiger partial charge in [0.15, 0.2) is 5.65 Å². The Morgan fingerprint density at radius 2 is 2.00 bits per heavy atom. The molecule has 8 heteroatoms. The molecule has 0 bridgehead atoms. The van der Waals surface area contributed by atoms with Crippen LogP contribution < -0.4 is 4.90 Å². The summed E-state index contributed by atoms with van der Waals surface area (Å²) in [6, 6.07) is 14.3. The molecule has 0 amide bonds. The van der Waals surface area contributed by atoms with Gasteiger partial charge in [-0.1, -0.05) is 18.2 Å². The van der Waals surface area contributed by atoms with E-state index in [9.17, 15) is 0 Å². The van der Waals surface area contributed by atoms with Gasteiger partial charge in [0.1, 0.15) is 5.82 Å². The molecule has 3 aromatic heterocycles. The molecule has 1 fully saturated rings. The standard InChI is InChI=1S/C21H19ClN6O/c1-13-12-29-10-9-28(13)20-16-5-6-17(24-19(16)25-21(22)26-20)14-3-2-4-15(11-14)18-7-8-23-27-18/h2-8,11,13H,9-10,12H2,1H3,(H,23,27)/t13-/m0/s1. The van der Waals surface area contributed by atoms with Gasteiger partial charge in [0.05, 0.1) is 36.0 Å². The normalized spacial score (nSPS) is 17.0. The molecule has 1 aliphatic rings. The van der Waals surface area contributed by atoms with E-state index in [1.807, 2.05) is 36.4 Å². The number of hydrogen-bond acceptors (Lipinski definition) is 6. The average molecular weight is 407 g/mol. The number of aromatic nitrogens is 5. The van der Waals surface area contributed by atoms with Crippen molar-refractivity contribution in [1.29, 1.82) is 0 Å². The predicted octanol–water partition coefficient (Wildman–Crippen LogP) is 3.96. The number of anilines is 1. The Kier molecular flexibility index (Phi) is 4.61. The summed E-state index contributed by atoms with van der Waals surface area (Å²) in [6.45, 7) is 4.20. The molecule has 0 unspecified atom stereocenters. The van der Waals surface area contributed by atoms with E-state index in [4.69, 9.17) is 21.3 Å². The highest BCUT2D eigenvalue weighted by atomic mass is 35.5. The highest BCUT2D eigenvalue weighted by molar-refractivity contribution is 6.28. The first-order chi connectivity index (χ1) is 14.2. The van der Waals surface area contributed by atoms with Gasteiger partial charge in [0, 0.05) is 23.9 Å². The number of pyridine rings is 1. The quantitative estimate of drug-likeness (QED) is 0.519. The van der Waals surface area contributed by atoms with E-state index in [1.54, 1.807) is 6.20 Å². The van der Waals surface area contributed by atoms with Gasteiger partial charge < -0.3 is 9.64 Å². The largest absolute Gasteiger partial charge is 0.377 e. The number of rotatable bonds is 3. The SMILES string of the molecule is C[C@H]1COCCN1c1nc(Cl)nc2nc(-c3cccc(-c4ccn[nH]4)c3)ccc12. The first-order valence-electron chi connectivity index (χ1n) is 9.48. The van der Waals surface area contributed by atoms with E-state index >= 15 is 0 Å². The van der Waals surface area contributed by atoms with Crippen LogP contribution in [0.15, 0.2) is 48.7 Å². The number of aromatic amines is 1. The fraction of sp³-hybridized carbons (Fsp3) is 0.238. The van der Waals surface area contributed by atoms with Crippen molar-refractivity contribution in [3.8, 4) is 22.5 Å². The van der Waals surface area contributed by atoms with Crippen molar-refractivity contribution in [2.24, 2.45) is 0 Å². The van der Waals surface area contributed by atoms with Crippen LogP contribution in [-0.4, -0.2) is 50.9 Å². The van der Waals surface area contributed by atoms with Gasteiger partial charge in [-0.05, 0) is 42.8 Å². The number of H-pyrrole nitrogens is 1. The molecule has 4 heterocycles. The summed E-state index contributed by atoms with van der Waals surface area (Å²) in [5, 5.41) is 8.10. The second-order valence-corrected chi connectivity index (χ2v) is 7.39. The summed E-state index contributed by atoms with van der Waals surface area (Å²) in [5.74, 6) is 0.807. The van der Waals surface area contributed by atoms with Gasteiger partial charge >= 0.3 is 0 Å². The second-order valence-electron chi connectivity index (χ2n) is 7.05. The third kappa shape index (κ3) is 3.43. The Labute approximate surface area is 172 Å². The summed E-state index contributed by atoms with van der Waals surface area (Å²) in [6.07, 6.45) is 1.74. The number of nitrogens with one attached hydrogen (secondary N) is 1. The third-order valence-corrected chi connectivity index (χ3v) is 5.29. The molecule has 0 radical (unpaired) electrons. The number of ether oxygens (including phenoxy) is 1. The maximum absolute atomic E-state index is 6.25. The minimum atomic E-state index is 0.196.